The van der Waals surface area contributed by atoms with Crippen molar-refractivity contribution in [1.29, 1.82) is 0 Å². The summed E-state index contributed by atoms with van der Waals surface area (Å²) < 4.78 is 10.8. The van der Waals surface area contributed by atoms with Gasteiger partial charge in [-0.15, -0.1) is 0 Å². The average Bonchev–Trinajstić information content (AvgIpc) is 3.13. The van der Waals surface area contributed by atoms with E-state index in [0.29, 0.717) is 28.3 Å². The molecule has 1 N–H and O–H groups in total. The molecule has 0 bridgehead atoms. The number of Topliss-reactive ketones (excluding diaryl/α,β-unsaturated/α-hetero) is 1. The summed E-state index contributed by atoms with van der Waals surface area (Å²) in [6, 6.07) is 22.3. The standard InChI is InChI=1S/C27H22N2O4/c1-32-22-13-12-17(14-23(22)33-2)25-20(16-8-4-3-5-9-16)15-21(28-29-25)24-26(30)18-10-6-7-11-19(18)27(24)31/h3-15,20,25,30H,1-2H3. The zero-order valence-corrected chi connectivity index (χ0v) is 18.2. The highest BCUT2D eigenvalue weighted by Crippen LogP contribution is 2.45. The highest BCUT2D eigenvalue weighted by atomic mass is 16.5. The number of benzene rings is 3. The summed E-state index contributed by atoms with van der Waals surface area (Å²) in [6.45, 7) is 0. The first-order valence-electron chi connectivity index (χ1n) is 10.6. The molecule has 2 unspecified atom stereocenters. The van der Waals surface area contributed by atoms with E-state index in [2.05, 4.69) is 10.2 Å². The molecule has 1 aliphatic carbocycles. The van der Waals surface area contributed by atoms with Crippen molar-refractivity contribution >= 4 is 11.5 Å². The Morgan fingerprint density at radius 2 is 1.52 bits per heavy atom. The van der Waals surface area contributed by atoms with Crippen LogP contribution < -0.4 is 9.47 Å². The summed E-state index contributed by atoms with van der Waals surface area (Å²) in [4.78, 5) is 13.1. The Bertz CT molecular complexity index is 1320. The van der Waals surface area contributed by atoms with Crippen molar-refractivity contribution < 1.29 is 19.4 Å². The van der Waals surface area contributed by atoms with Crippen LogP contribution in [-0.2, 0) is 0 Å². The van der Waals surface area contributed by atoms with Gasteiger partial charge >= 0.3 is 0 Å². The molecular formula is C27H22N2O4. The van der Waals surface area contributed by atoms with E-state index in [1.54, 1.807) is 38.5 Å². The number of hydrogen-bond acceptors (Lipinski definition) is 6. The van der Waals surface area contributed by atoms with Crippen molar-refractivity contribution in [2.24, 2.45) is 10.2 Å². The maximum absolute atomic E-state index is 13.1. The number of nitrogens with zero attached hydrogens (tertiary/aromatic N) is 2. The van der Waals surface area contributed by atoms with E-state index < -0.39 is 0 Å². The molecule has 1 heterocycles. The number of ketones is 1. The van der Waals surface area contributed by atoms with Gasteiger partial charge in [-0.05, 0) is 29.3 Å². The molecule has 0 saturated heterocycles. The van der Waals surface area contributed by atoms with E-state index in [4.69, 9.17) is 9.47 Å². The summed E-state index contributed by atoms with van der Waals surface area (Å²) in [5.74, 6) is 0.731. The lowest BCUT2D eigenvalue weighted by Gasteiger charge is -2.26. The zero-order chi connectivity index (χ0) is 22.9. The van der Waals surface area contributed by atoms with E-state index in [1.807, 2.05) is 54.6 Å². The Hall–Kier alpha value is -4.19. The molecule has 0 saturated carbocycles. The minimum absolute atomic E-state index is 0.0582. The summed E-state index contributed by atoms with van der Waals surface area (Å²) in [5, 5.41) is 19.8. The monoisotopic (exact) mass is 438 g/mol. The second-order valence-corrected chi connectivity index (χ2v) is 7.86. The highest BCUT2D eigenvalue weighted by molar-refractivity contribution is 6.22. The lowest BCUT2D eigenvalue weighted by molar-refractivity contribution is 0.103. The summed E-state index contributed by atoms with van der Waals surface area (Å²) in [5.41, 5.74) is 3.48. The van der Waals surface area contributed by atoms with Crippen molar-refractivity contribution in [1.82, 2.24) is 0 Å². The van der Waals surface area contributed by atoms with Crippen molar-refractivity contribution in [2.75, 3.05) is 14.2 Å². The number of aliphatic hydroxyl groups excluding tert-OH is 1. The number of hydrogen-bond donors (Lipinski definition) is 1. The Balaban J connectivity index is 1.60. The molecule has 6 nitrogen and oxygen atoms in total. The van der Waals surface area contributed by atoms with Crippen LogP contribution in [0.5, 0.6) is 11.5 Å². The Kier molecular flexibility index (Phi) is 5.26. The van der Waals surface area contributed by atoms with Gasteiger partial charge in [-0.1, -0.05) is 60.7 Å². The van der Waals surface area contributed by atoms with E-state index in [9.17, 15) is 9.90 Å². The molecule has 0 radical (unpaired) electrons. The molecule has 3 aromatic carbocycles. The fourth-order valence-electron chi connectivity index (χ4n) is 4.39. The van der Waals surface area contributed by atoms with Crippen molar-refractivity contribution in [3.63, 3.8) is 0 Å². The Morgan fingerprint density at radius 1 is 0.818 bits per heavy atom. The third-order valence-electron chi connectivity index (χ3n) is 6.05. The van der Waals surface area contributed by atoms with E-state index >= 15 is 0 Å². The number of aliphatic hydroxyl groups is 1. The van der Waals surface area contributed by atoms with Gasteiger partial charge in [0.1, 0.15) is 11.8 Å². The molecule has 0 fully saturated rings. The van der Waals surface area contributed by atoms with Gasteiger partial charge in [0, 0.05) is 17.0 Å². The van der Waals surface area contributed by atoms with Gasteiger partial charge in [-0.2, -0.15) is 10.2 Å². The zero-order valence-electron chi connectivity index (χ0n) is 18.2. The lowest BCUT2D eigenvalue weighted by Crippen LogP contribution is -2.13. The molecule has 3 aromatic rings. The van der Waals surface area contributed by atoms with Crippen LogP contribution in [0.2, 0.25) is 0 Å². The number of carbonyl (C=O) groups excluding carboxylic acids is 1. The van der Waals surface area contributed by atoms with Crippen LogP contribution in [0.25, 0.3) is 5.76 Å². The molecule has 6 heteroatoms. The maximum atomic E-state index is 13.1. The van der Waals surface area contributed by atoms with Crippen LogP contribution in [-0.4, -0.2) is 25.1 Å². The fraction of sp³-hybridized carbons (Fsp3) is 0.148. The molecule has 2 atom stereocenters. The van der Waals surface area contributed by atoms with Crippen LogP contribution in [0.4, 0.5) is 0 Å². The molecule has 0 aromatic heterocycles. The number of allylic oxidation sites excluding steroid dienone is 1. The number of fused-ring (bicyclic) bond motifs is 1. The molecular weight excluding hydrogens is 416 g/mol. The smallest absolute Gasteiger partial charge is 0.199 e. The third kappa shape index (κ3) is 3.49. The molecule has 1 aliphatic heterocycles. The average molecular weight is 438 g/mol. The van der Waals surface area contributed by atoms with Gasteiger partial charge in [0.15, 0.2) is 17.3 Å². The first kappa shape index (κ1) is 20.7. The third-order valence-corrected chi connectivity index (χ3v) is 6.05. The Morgan fingerprint density at radius 3 is 2.21 bits per heavy atom. The van der Waals surface area contributed by atoms with Crippen LogP contribution in [0, 0.1) is 0 Å². The van der Waals surface area contributed by atoms with Gasteiger partial charge in [-0.3, -0.25) is 4.79 Å². The number of rotatable bonds is 5. The molecule has 5 rings (SSSR count). The second kappa shape index (κ2) is 8.39. The Labute approximate surface area is 191 Å². The molecule has 0 amide bonds. The van der Waals surface area contributed by atoms with Crippen LogP contribution in [0.1, 0.15) is 39.0 Å². The highest BCUT2D eigenvalue weighted by Gasteiger charge is 2.35. The second-order valence-electron chi connectivity index (χ2n) is 7.86. The largest absolute Gasteiger partial charge is 0.506 e. The summed E-state index contributed by atoms with van der Waals surface area (Å²) in [6.07, 6.45) is 1.92. The first-order chi connectivity index (χ1) is 16.1. The fourth-order valence-corrected chi connectivity index (χ4v) is 4.39. The van der Waals surface area contributed by atoms with Crippen LogP contribution in [0.15, 0.2) is 100 Å². The first-order valence-corrected chi connectivity index (χ1v) is 10.6. The summed E-state index contributed by atoms with van der Waals surface area (Å²) in [7, 11) is 3.19. The van der Waals surface area contributed by atoms with Crippen molar-refractivity contribution in [2.45, 2.75) is 12.0 Å². The minimum Gasteiger partial charge on any atom is -0.506 e. The van der Waals surface area contributed by atoms with Gasteiger partial charge in [0.05, 0.1) is 25.5 Å². The minimum atomic E-state index is -0.336. The number of methoxy groups -OCH3 is 2. The van der Waals surface area contributed by atoms with Gasteiger partial charge in [0.2, 0.25) is 0 Å². The summed E-state index contributed by atoms with van der Waals surface area (Å²) >= 11 is 0. The van der Waals surface area contributed by atoms with Gasteiger partial charge < -0.3 is 14.6 Å². The van der Waals surface area contributed by atoms with Gasteiger partial charge in [0.25, 0.3) is 0 Å². The van der Waals surface area contributed by atoms with Crippen molar-refractivity contribution in [3.05, 3.63) is 112 Å². The van der Waals surface area contributed by atoms with E-state index in [0.717, 1.165) is 11.1 Å². The number of azo groups is 1. The van der Waals surface area contributed by atoms with Crippen molar-refractivity contribution in [3.8, 4) is 11.5 Å². The molecule has 2 aliphatic rings. The van der Waals surface area contributed by atoms with E-state index in [1.165, 1.54) is 0 Å². The predicted molar refractivity (Wildman–Crippen MR) is 125 cm³/mol. The number of ether oxygens (including phenoxy) is 2. The van der Waals surface area contributed by atoms with Crippen LogP contribution in [0.3, 0.4) is 0 Å². The maximum Gasteiger partial charge on any atom is 0.199 e. The quantitative estimate of drug-likeness (QED) is 0.526. The SMILES string of the molecule is COc1ccc(C2N=NC(C3=C(O)c4ccccc4C3=O)=CC2c2ccccc2)cc1OC. The van der Waals surface area contributed by atoms with E-state index in [-0.39, 0.29) is 29.1 Å². The molecule has 164 valence electrons. The predicted octanol–water partition coefficient (Wildman–Crippen LogP) is 6.04. The van der Waals surface area contributed by atoms with Crippen LogP contribution >= 0.6 is 0 Å². The topological polar surface area (TPSA) is 80.5 Å². The normalized spacial score (nSPS) is 19.3. The van der Waals surface area contributed by atoms with Gasteiger partial charge in [-0.25, -0.2) is 0 Å². The molecule has 0 spiro atoms. The molecule has 33 heavy (non-hydrogen) atoms. The number of carbonyl (C=O) groups is 1. The lowest BCUT2D eigenvalue weighted by atomic mass is 9.85.